The van der Waals surface area contributed by atoms with Crippen LogP contribution in [0.25, 0.3) is 0 Å². The van der Waals surface area contributed by atoms with Gasteiger partial charge in [-0.1, -0.05) is 29.8 Å². The van der Waals surface area contributed by atoms with Gasteiger partial charge in [0.2, 0.25) is 0 Å². The first kappa shape index (κ1) is 12.4. The molecule has 1 fully saturated rings. The van der Waals surface area contributed by atoms with Crippen LogP contribution in [0.4, 0.5) is 10.2 Å². The van der Waals surface area contributed by atoms with Crippen LogP contribution in [0.2, 0.25) is 5.15 Å². The predicted molar refractivity (Wildman–Crippen MR) is 72.9 cm³/mol. The van der Waals surface area contributed by atoms with Gasteiger partial charge in [-0.15, -0.1) is 0 Å². The van der Waals surface area contributed by atoms with Crippen molar-refractivity contribution >= 4 is 17.4 Å². The van der Waals surface area contributed by atoms with E-state index in [9.17, 15) is 4.39 Å². The van der Waals surface area contributed by atoms with E-state index in [1.54, 1.807) is 19.1 Å². The minimum atomic E-state index is -0.172. The number of halogens is 2. The van der Waals surface area contributed by atoms with Crippen LogP contribution in [0.1, 0.15) is 23.9 Å². The molecule has 1 aliphatic rings. The summed E-state index contributed by atoms with van der Waals surface area (Å²) in [5, 5.41) is 0.418. The lowest BCUT2D eigenvalue weighted by atomic mass is 9.94. The maximum absolute atomic E-state index is 13.8. The minimum Gasteiger partial charge on any atom is -0.349 e. The molecule has 1 aromatic heterocycles. The van der Waals surface area contributed by atoms with Gasteiger partial charge in [0.1, 0.15) is 22.6 Å². The summed E-state index contributed by atoms with van der Waals surface area (Å²) in [5.41, 5.74) is 0.709. The summed E-state index contributed by atoms with van der Waals surface area (Å²) >= 11 is 5.95. The third kappa shape index (κ3) is 2.28. The molecule has 0 bridgehead atoms. The molecule has 1 atom stereocenters. The van der Waals surface area contributed by atoms with Crippen LogP contribution in [0.5, 0.6) is 0 Å². The molecule has 0 aliphatic carbocycles. The normalized spacial score (nSPS) is 18.3. The molecule has 0 spiro atoms. The zero-order chi connectivity index (χ0) is 13.4. The van der Waals surface area contributed by atoms with Crippen molar-refractivity contribution in [3.8, 4) is 0 Å². The molecule has 1 aliphatic heterocycles. The quantitative estimate of drug-likeness (QED) is 0.787. The van der Waals surface area contributed by atoms with Crippen molar-refractivity contribution in [1.29, 1.82) is 0 Å². The van der Waals surface area contributed by atoms with Crippen LogP contribution in [-0.2, 0) is 0 Å². The Bertz CT molecular complexity index is 597. The fourth-order valence-corrected chi connectivity index (χ4v) is 2.61. The summed E-state index contributed by atoms with van der Waals surface area (Å²) in [7, 11) is 0. The first-order valence-electron chi connectivity index (χ1n) is 6.17. The van der Waals surface area contributed by atoms with Gasteiger partial charge >= 0.3 is 0 Å². The second-order valence-corrected chi connectivity index (χ2v) is 5.00. The van der Waals surface area contributed by atoms with Crippen molar-refractivity contribution < 1.29 is 4.39 Å². The lowest BCUT2D eigenvalue weighted by molar-refractivity contribution is 0.440. The number of hydrogen-bond donors (Lipinski definition) is 0. The number of nitrogens with zero attached hydrogens (tertiary/aromatic N) is 3. The van der Waals surface area contributed by atoms with Gasteiger partial charge in [-0.2, -0.15) is 0 Å². The van der Waals surface area contributed by atoms with E-state index in [2.05, 4.69) is 14.9 Å². The Kier molecular flexibility index (Phi) is 3.11. The summed E-state index contributed by atoms with van der Waals surface area (Å²) in [6.07, 6.45) is 0.918. The Labute approximate surface area is 116 Å². The Morgan fingerprint density at radius 2 is 2.11 bits per heavy atom. The maximum atomic E-state index is 13.8. The van der Waals surface area contributed by atoms with Crippen molar-refractivity contribution in [3.63, 3.8) is 0 Å². The second kappa shape index (κ2) is 4.78. The van der Waals surface area contributed by atoms with Crippen molar-refractivity contribution in [3.05, 3.63) is 52.7 Å². The molecular weight excluding hydrogens is 265 g/mol. The first-order chi connectivity index (χ1) is 9.15. The summed E-state index contributed by atoms with van der Waals surface area (Å²) < 4.78 is 13.8. The van der Waals surface area contributed by atoms with Crippen molar-refractivity contribution in [2.24, 2.45) is 0 Å². The smallest absolute Gasteiger partial charge is 0.134 e. The highest BCUT2D eigenvalue weighted by atomic mass is 35.5. The SMILES string of the molecule is Cc1nc(Cl)cc(N2CC[C@H]2c2ccccc2F)n1. The lowest BCUT2D eigenvalue weighted by Crippen LogP contribution is -2.42. The van der Waals surface area contributed by atoms with E-state index in [1.165, 1.54) is 6.07 Å². The van der Waals surface area contributed by atoms with Gasteiger partial charge in [0.15, 0.2) is 0 Å². The van der Waals surface area contributed by atoms with E-state index >= 15 is 0 Å². The van der Waals surface area contributed by atoms with Gasteiger partial charge in [-0.05, 0) is 19.4 Å². The molecule has 5 heteroatoms. The van der Waals surface area contributed by atoms with E-state index < -0.39 is 0 Å². The van der Waals surface area contributed by atoms with Gasteiger partial charge in [0, 0.05) is 18.2 Å². The van der Waals surface area contributed by atoms with E-state index in [-0.39, 0.29) is 11.9 Å². The standard InChI is InChI=1S/C14H13ClFN3/c1-9-17-13(15)8-14(18-9)19-7-6-12(19)10-4-2-3-5-11(10)16/h2-5,8,12H,6-7H2,1H3/t12-/m0/s1. The highest BCUT2D eigenvalue weighted by Crippen LogP contribution is 2.38. The van der Waals surface area contributed by atoms with Crippen molar-refractivity contribution in [2.75, 3.05) is 11.4 Å². The van der Waals surface area contributed by atoms with Gasteiger partial charge in [0.25, 0.3) is 0 Å². The monoisotopic (exact) mass is 277 g/mol. The summed E-state index contributed by atoms with van der Waals surface area (Å²) in [5.74, 6) is 1.22. The number of benzene rings is 1. The van der Waals surface area contributed by atoms with E-state index in [0.717, 1.165) is 18.8 Å². The molecule has 2 heterocycles. The average molecular weight is 278 g/mol. The number of anilines is 1. The summed E-state index contributed by atoms with van der Waals surface area (Å²) in [4.78, 5) is 10.5. The lowest BCUT2D eigenvalue weighted by Gasteiger charge is -2.42. The predicted octanol–water partition coefficient (Wildman–Crippen LogP) is 3.53. The number of rotatable bonds is 2. The molecule has 3 nitrogen and oxygen atoms in total. The van der Waals surface area contributed by atoms with Crippen LogP contribution in [-0.4, -0.2) is 16.5 Å². The number of hydrogen-bond acceptors (Lipinski definition) is 3. The number of aromatic nitrogens is 2. The zero-order valence-electron chi connectivity index (χ0n) is 10.5. The minimum absolute atomic E-state index is 0.0339. The molecule has 98 valence electrons. The molecule has 0 unspecified atom stereocenters. The van der Waals surface area contributed by atoms with Crippen LogP contribution in [0, 0.1) is 12.7 Å². The largest absolute Gasteiger partial charge is 0.349 e. The van der Waals surface area contributed by atoms with Crippen LogP contribution < -0.4 is 4.90 Å². The van der Waals surface area contributed by atoms with E-state index in [4.69, 9.17) is 11.6 Å². The molecule has 0 radical (unpaired) electrons. The molecule has 3 rings (SSSR count). The number of aryl methyl sites for hydroxylation is 1. The third-order valence-electron chi connectivity index (χ3n) is 3.37. The molecule has 0 amide bonds. The second-order valence-electron chi connectivity index (χ2n) is 4.62. The fourth-order valence-electron chi connectivity index (χ4n) is 2.39. The third-order valence-corrected chi connectivity index (χ3v) is 3.56. The van der Waals surface area contributed by atoms with Crippen molar-refractivity contribution in [1.82, 2.24) is 9.97 Å². The molecule has 0 saturated carbocycles. The highest BCUT2D eigenvalue weighted by Gasteiger charge is 2.32. The molecule has 0 N–H and O–H groups in total. The fraction of sp³-hybridized carbons (Fsp3) is 0.286. The Morgan fingerprint density at radius 3 is 2.74 bits per heavy atom. The van der Waals surface area contributed by atoms with Crippen LogP contribution >= 0.6 is 11.6 Å². The first-order valence-corrected chi connectivity index (χ1v) is 6.55. The molecule has 1 aromatic carbocycles. The molecule has 19 heavy (non-hydrogen) atoms. The Balaban J connectivity index is 1.93. The van der Waals surface area contributed by atoms with Gasteiger partial charge < -0.3 is 4.90 Å². The molecule has 1 saturated heterocycles. The Morgan fingerprint density at radius 1 is 1.32 bits per heavy atom. The van der Waals surface area contributed by atoms with Gasteiger partial charge in [0.05, 0.1) is 6.04 Å². The topological polar surface area (TPSA) is 29.0 Å². The highest BCUT2D eigenvalue weighted by molar-refractivity contribution is 6.29. The zero-order valence-corrected chi connectivity index (χ0v) is 11.2. The Hall–Kier alpha value is -1.68. The van der Waals surface area contributed by atoms with E-state index in [0.29, 0.717) is 16.5 Å². The summed E-state index contributed by atoms with van der Waals surface area (Å²) in [6.45, 7) is 2.65. The van der Waals surface area contributed by atoms with Gasteiger partial charge in [-0.25, -0.2) is 14.4 Å². The molecular formula is C14H13ClFN3. The average Bonchev–Trinajstić information content (AvgIpc) is 2.29. The van der Waals surface area contributed by atoms with E-state index in [1.807, 2.05) is 12.1 Å². The van der Waals surface area contributed by atoms with Crippen LogP contribution in [0.15, 0.2) is 30.3 Å². The van der Waals surface area contributed by atoms with Gasteiger partial charge in [-0.3, -0.25) is 0 Å². The van der Waals surface area contributed by atoms with Crippen LogP contribution in [0.3, 0.4) is 0 Å². The maximum Gasteiger partial charge on any atom is 0.134 e. The summed E-state index contributed by atoms with van der Waals surface area (Å²) in [6, 6.07) is 8.63. The van der Waals surface area contributed by atoms with Crippen molar-refractivity contribution in [2.45, 2.75) is 19.4 Å². The molecule has 2 aromatic rings.